The van der Waals surface area contributed by atoms with Gasteiger partial charge in [-0.15, -0.1) is 0 Å². The lowest BCUT2D eigenvalue weighted by Gasteiger charge is -2.34. The maximum Gasteiger partial charge on any atom is 0.284 e. The maximum absolute atomic E-state index is 11.1. The van der Waals surface area contributed by atoms with Gasteiger partial charge in [-0.3, -0.25) is 9.59 Å². The minimum atomic E-state index is -0.595. The normalized spacial score (nSPS) is 18.5. The minimum Gasteiger partial charge on any atom is -0.454 e. The van der Waals surface area contributed by atoms with Crippen LogP contribution < -0.4 is 16.8 Å². The van der Waals surface area contributed by atoms with Crippen molar-refractivity contribution in [3.05, 3.63) is 23.7 Å². The van der Waals surface area contributed by atoms with Crippen molar-refractivity contribution in [2.45, 2.75) is 32.7 Å². The molecule has 1 aliphatic rings. The minimum absolute atomic E-state index is 0.129. The van der Waals surface area contributed by atoms with Crippen LogP contribution in [0.3, 0.4) is 0 Å². The van der Waals surface area contributed by atoms with Crippen LogP contribution in [0.4, 0.5) is 0 Å². The standard InChI is InChI=1S/C16H25N5O3/c1-2-19-16(20-9-12-5-6-13(24-12)15(18)23)21-7-3-4-11(10-21)8-14(17)22/h5-6,11H,2-4,7-10H2,1H3,(H2,17,22)(H2,18,23)(H,19,20). The van der Waals surface area contributed by atoms with Crippen molar-refractivity contribution in [1.82, 2.24) is 10.2 Å². The van der Waals surface area contributed by atoms with Gasteiger partial charge in [0.25, 0.3) is 5.91 Å². The van der Waals surface area contributed by atoms with Crippen molar-refractivity contribution in [3.8, 4) is 0 Å². The Hall–Kier alpha value is -2.51. The zero-order valence-electron chi connectivity index (χ0n) is 14.0. The third kappa shape index (κ3) is 5.00. The van der Waals surface area contributed by atoms with Gasteiger partial charge in [-0.05, 0) is 37.8 Å². The number of hydrogen-bond acceptors (Lipinski definition) is 4. The summed E-state index contributed by atoms with van der Waals surface area (Å²) in [5.74, 6) is 0.865. The summed E-state index contributed by atoms with van der Waals surface area (Å²) in [7, 11) is 0. The maximum atomic E-state index is 11.1. The SMILES string of the molecule is CCNC(=NCc1ccc(C(N)=O)o1)N1CCCC(CC(N)=O)C1. The average molecular weight is 335 g/mol. The van der Waals surface area contributed by atoms with Crippen LogP contribution in [-0.2, 0) is 11.3 Å². The van der Waals surface area contributed by atoms with Gasteiger partial charge < -0.3 is 26.1 Å². The van der Waals surface area contributed by atoms with Crippen molar-refractivity contribution in [1.29, 1.82) is 0 Å². The Kier molecular flexibility index (Phi) is 6.22. The van der Waals surface area contributed by atoms with Crippen LogP contribution >= 0.6 is 0 Å². The van der Waals surface area contributed by atoms with E-state index in [1.807, 2.05) is 6.92 Å². The smallest absolute Gasteiger partial charge is 0.284 e. The third-order valence-electron chi connectivity index (χ3n) is 3.93. The van der Waals surface area contributed by atoms with Crippen LogP contribution in [0.15, 0.2) is 21.5 Å². The molecule has 2 rings (SSSR count). The Balaban J connectivity index is 2.03. The van der Waals surface area contributed by atoms with Crippen LogP contribution in [0.25, 0.3) is 0 Å². The Labute approximate surface area is 141 Å². The molecule has 2 heterocycles. The Morgan fingerprint density at radius 1 is 1.42 bits per heavy atom. The van der Waals surface area contributed by atoms with Gasteiger partial charge in [0.2, 0.25) is 5.91 Å². The number of rotatable bonds is 6. The van der Waals surface area contributed by atoms with E-state index < -0.39 is 5.91 Å². The van der Waals surface area contributed by atoms with E-state index in [2.05, 4.69) is 15.2 Å². The van der Waals surface area contributed by atoms with Crippen LogP contribution in [0.1, 0.15) is 42.5 Å². The van der Waals surface area contributed by atoms with Gasteiger partial charge in [0.15, 0.2) is 11.7 Å². The van der Waals surface area contributed by atoms with E-state index in [4.69, 9.17) is 15.9 Å². The van der Waals surface area contributed by atoms with Gasteiger partial charge in [-0.25, -0.2) is 4.99 Å². The molecule has 24 heavy (non-hydrogen) atoms. The van der Waals surface area contributed by atoms with Crippen LogP contribution in [-0.4, -0.2) is 42.3 Å². The number of amides is 2. The zero-order chi connectivity index (χ0) is 17.5. The van der Waals surface area contributed by atoms with Gasteiger partial charge >= 0.3 is 0 Å². The summed E-state index contributed by atoms with van der Waals surface area (Å²) in [5, 5.41) is 3.25. The molecule has 1 unspecified atom stereocenters. The summed E-state index contributed by atoms with van der Waals surface area (Å²) in [4.78, 5) is 28.9. The summed E-state index contributed by atoms with van der Waals surface area (Å²) >= 11 is 0. The molecular weight excluding hydrogens is 310 g/mol. The van der Waals surface area contributed by atoms with Gasteiger partial charge in [-0.2, -0.15) is 0 Å². The topological polar surface area (TPSA) is 127 Å². The molecule has 5 N–H and O–H groups in total. The highest BCUT2D eigenvalue weighted by molar-refractivity contribution is 5.89. The quantitative estimate of drug-likeness (QED) is 0.513. The molecule has 0 aliphatic carbocycles. The molecule has 0 bridgehead atoms. The van der Waals surface area contributed by atoms with Crippen LogP contribution in [0.5, 0.6) is 0 Å². The van der Waals surface area contributed by atoms with Crippen molar-refractivity contribution in [3.63, 3.8) is 0 Å². The Morgan fingerprint density at radius 2 is 2.21 bits per heavy atom. The number of nitrogens with two attached hydrogens (primary N) is 2. The fourth-order valence-corrected chi connectivity index (χ4v) is 2.88. The molecular formula is C16H25N5O3. The lowest BCUT2D eigenvalue weighted by atomic mass is 9.95. The number of furan rings is 1. The van der Waals surface area contributed by atoms with Gasteiger partial charge in [0.05, 0.1) is 0 Å². The average Bonchev–Trinajstić information content (AvgIpc) is 3.00. The molecule has 0 aromatic carbocycles. The molecule has 1 aromatic rings. The number of aliphatic imine (C=N–C) groups is 1. The Bertz CT molecular complexity index is 611. The number of primary amides is 2. The van der Waals surface area contributed by atoms with E-state index >= 15 is 0 Å². The summed E-state index contributed by atoms with van der Waals surface area (Å²) < 4.78 is 5.35. The zero-order valence-corrected chi connectivity index (χ0v) is 14.0. The third-order valence-corrected chi connectivity index (χ3v) is 3.93. The fraction of sp³-hybridized carbons (Fsp3) is 0.562. The first kappa shape index (κ1) is 17.8. The molecule has 2 amide bonds. The van der Waals surface area contributed by atoms with E-state index in [9.17, 15) is 9.59 Å². The van der Waals surface area contributed by atoms with E-state index in [-0.39, 0.29) is 17.6 Å². The first-order valence-corrected chi connectivity index (χ1v) is 8.19. The number of guanidine groups is 1. The number of nitrogens with one attached hydrogen (secondary N) is 1. The summed E-state index contributed by atoms with van der Waals surface area (Å²) in [6, 6.07) is 3.24. The molecule has 8 nitrogen and oxygen atoms in total. The predicted molar refractivity (Wildman–Crippen MR) is 90.2 cm³/mol. The predicted octanol–water partition coefficient (Wildman–Crippen LogP) is 0.431. The van der Waals surface area contributed by atoms with Crippen molar-refractivity contribution < 1.29 is 14.0 Å². The highest BCUT2D eigenvalue weighted by Gasteiger charge is 2.23. The molecule has 132 valence electrons. The van der Waals surface area contributed by atoms with Crippen molar-refractivity contribution in [2.75, 3.05) is 19.6 Å². The second kappa shape index (κ2) is 8.37. The number of hydrogen-bond donors (Lipinski definition) is 3. The number of nitrogens with zero attached hydrogens (tertiary/aromatic N) is 2. The second-order valence-electron chi connectivity index (χ2n) is 5.93. The summed E-state index contributed by atoms with van der Waals surface area (Å²) in [6.07, 6.45) is 2.39. The van der Waals surface area contributed by atoms with Crippen molar-refractivity contribution in [2.24, 2.45) is 22.4 Å². The highest BCUT2D eigenvalue weighted by atomic mass is 16.3. The number of carbonyl (C=O) groups excluding carboxylic acids is 2. The fourth-order valence-electron chi connectivity index (χ4n) is 2.88. The largest absolute Gasteiger partial charge is 0.454 e. The molecule has 8 heteroatoms. The van der Waals surface area contributed by atoms with Gasteiger partial charge in [0.1, 0.15) is 12.3 Å². The van der Waals surface area contributed by atoms with Gasteiger partial charge in [0, 0.05) is 26.1 Å². The highest BCUT2D eigenvalue weighted by Crippen LogP contribution is 2.19. The first-order chi connectivity index (χ1) is 11.5. The molecule has 1 atom stereocenters. The van der Waals surface area contributed by atoms with E-state index in [1.54, 1.807) is 12.1 Å². The van der Waals surface area contributed by atoms with Crippen LogP contribution in [0.2, 0.25) is 0 Å². The molecule has 1 fully saturated rings. The number of piperidine rings is 1. The molecule has 1 saturated heterocycles. The van der Waals surface area contributed by atoms with Gasteiger partial charge in [-0.1, -0.05) is 0 Å². The lowest BCUT2D eigenvalue weighted by Crippen LogP contribution is -2.47. The summed E-state index contributed by atoms with van der Waals surface area (Å²) in [6.45, 7) is 4.68. The molecule has 1 aliphatic heterocycles. The van der Waals surface area contributed by atoms with E-state index in [1.165, 1.54) is 0 Å². The van der Waals surface area contributed by atoms with E-state index in [0.717, 1.165) is 38.4 Å². The molecule has 0 spiro atoms. The lowest BCUT2D eigenvalue weighted by molar-refractivity contribution is -0.119. The molecule has 0 radical (unpaired) electrons. The summed E-state index contributed by atoms with van der Waals surface area (Å²) in [5.41, 5.74) is 10.5. The monoisotopic (exact) mass is 335 g/mol. The number of likely N-dealkylation sites (tertiary alicyclic amines) is 1. The molecule has 0 saturated carbocycles. The van der Waals surface area contributed by atoms with Crippen LogP contribution in [0, 0.1) is 5.92 Å². The second-order valence-corrected chi connectivity index (χ2v) is 5.93. The van der Waals surface area contributed by atoms with E-state index in [0.29, 0.717) is 18.7 Å². The Morgan fingerprint density at radius 3 is 2.83 bits per heavy atom. The molecule has 1 aromatic heterocycles. The van der Waals surface area contributed by atoms with Crippen molar-refractivity contribution >= 4 is 17.8 Å². The first-order valence-electron chi connectivity index (χ1n) is 8.19. The number of carbonyl (C=O) groups is 2.